The van der Waals surface area contributed by atoms with E-state index in [0.29, 0.717) is 27.5 Å². The Labute approximate surface area is 798 Å². The van der Waals surface area contributed by atoms with E-state index in [1.165, 1.54) is 9.80 Å². The monoisotopic (exact) mass is 1950 g/mol. The van der Waals surface area contributed by atoms with Gasteiger partial charge in [0.15, 0.2) is 33.3 Å². The molecule has 11 unspecified atom stereocenters. The Kier molecular flexibility index (Phi) is 38.0. The highest BCUT2D eigenvalue weighted by Crippen LogP contribution is 2.46. The molecule has 11 atom stereocenters. The van der Waals surface area contributed by atoms with Crippen molar-refractivity contribution in [1.29, 1.82) is 0 Å². The van der Waals surface area contributed by atoms with Crippen molar-refractivity contribution < 1.29 is 93.4 Å². The normalized spacial score (nSPS) is 18.7. The van der Waals surface area contributed by atoms with E-state index in [9.17, 15) is 19.2 Å². The number of ether oxygens (including phenoxy) is 4. The highest BCUT2D eigenvalue weighted by atomic mass is 28.4. The Morgan fingerprint density at radius 2 is 0.879 bits per heavy atom. The number of likely N-dealkylation sites (tertiary alicyclic amines) is 2. The zero-order chi connectivity index (χ0) is 101. The van der Waals surface area contributed by atoms with Gasteiger partial charge in [0.05, 0.1) is 24.4 Å². The van der Waals surface area contributed by atoms with E-state index in [2.05, 4.69) is 128 Å². The average molecular weight is 1950 g/mol. The van der Waals surface area contributed by atoms with E-state index in [-0.39, 0.29) is 68.4 Å². The quantitative estimate of drug-likeness (QED) is 0.0211. The summed E-state index contributed by atoms with van der Waals surface area (Å²) in [7, 11) is -16.8. The first-order chi connectivity index (χ1) is 59.5. The van der Waals surface area contributed by atoms with E-state index in [1.54, 1.807) is 69.2 Å². The van der Waals surface area contributed by atoms with Crippen LogP contribution in [0.5, 0.6) is 11.5 Å². The van der Waals surface area contributed by atoms with Crippen LogP contribution in [0.1, 0.15) is 237 Å². The molecular formula is C98H170N8O20Si6. The highest BCUT2D eigenvalue weighted by Gasteiger charge is 2.58. The van der Waals surface area contributed by atoms with Gasteiger partial charge in [-0.15, -0.1) is 4.90 Å². The molecule has 0 spiro atoms. The van der Waals surface area contributed by atoms with Gasteiger partial charge in [-0.2, -0.15) is 0 Å². The molecule has 0 saturated carbocycles. The molecule has 2 heterocycles. The lowest BCUT2D eigenvalue weighted by Gasteiger charge is -2.43. The maximum atomic E-state index is 17.3. The molecule has 0 bridgehead atoms. The SMILES string of the molecule is CC1CN(C(=O)C(NC(=O)C(NC(=O)C2CC(O[Si](C)(C)C(C)(C)C)CN2C(=O)C(Cc2ccc(O[Si](C)(C)C(C)(C)C)cc2)NC(=O)C(CCCNC(=O)OCc2ccccc2)NC(=O)OC(C)(C)C)C(Cc2ccc(O[Si](C)(C)C(C)(C)C)cc2)O[Si](C)(C)C(C)(C)C)C(C)O[Si](C)(C)C(C)(C)C)C(C(=O)N(C(=O)OC(C)(C)C)C(=O)OC(C)(C)C)C1O[Si](C)(C)C(C)(C)C. The summed E-state index contributed by atoms with van der Waals surface area (Å²) in [5.74, 6) is -4.77. The van der Waals surface area contributed by atoms with Crippen LogP contribution < -0.4 is 35.4 Å². The van der Waals surface area contributed by atoms with Crippen LogP contribution in [0.3, 0.4) is 0 Å². The van der Waals surface area contributed by atoms with Crippen molar-refractivity contribution >= 4 is 110 Å². The third-order valence-electron chi connectivity index (χ3n) is 27.3. The fourth-order valence-corrected chi connectivity index (χ4v) is 21.0. The predicted octanol–water partition coefficient (Wildman–Crippen LogP) is 20.0. The first-order valence-electron chi connectivity index (χ1n) is 47.1. The number of hydrogen-bond donors (Lipinski definition) is 5. The van der Waals surface area contributed by atoms with Crippen LogP contribution in [0.15, 0.2) is 78.9 Å². The van der Waals surface area contributed by atoms with Crippen LogP contribution in [0, 0.1) is 5.92 Å². The minimum Gasteiger partial charge on any atom is -0.544 e. The summed E-state index contributed by atoms with van der Waals surface area (Å²) in [6, 6.07) is 14.4. The summed E-state index contributed by atoms with van der Waals surface area (Å²) < 4.78 is 65.9. The lowest BCUT2D eigenvalue weighted by atomic mass is 9.99. The van der Waals surface area contributed by atoms with Crippen molar-refractivity contribution in [1.82, 2.24) is 41.3 Å². The number of carbonyl (C=O) groups is 10. The Morgan fingerprint density at radius 1 is 0.439 bits per heavy atom. The third-order valence-corrected chi connectivity index (χ3v) is 54.1. The van der Waals surface area contributed by atoms with Gasteiger partial charge in [-0.05, 0) is 238 Å². The number of nitrogens with one attached hydrogen (secondary N) is 5. The van der Waals surface area contributed by atoms with Gasteiger partial charge >= 0.3 is 24.4 Å². The summed E-state index contributed by atoms with van der Waals surface area (Å²) in [4.78, 5) is 160. The van der Waals surface area contributed by atoms with Crippen LogP contribution in [-0.4, -0.2) is 222 Å². The second-order valence-electron chi connectivity index (χ2n) is 48.4. The maximum absolute atomic E-state index is 17.3. The summed E-state index contributed by atoms with van der Waals surface area (Å²) in [5.41, 5.74) is -1.49. The van der Waals surface area contributed by atoms with E-state index in [0.717, 1.165) is 5.56 Å². The van der Waals surface area contributed by atoms with Gasteiger partial charge in [-0.25, -0.2) is 19.2 Å². The molecule has 34 heteroatoms. The first-order valence-corrected chi connectivity index (χ1v) is 64.5. The second-order valence-corrected chi connectivity index (χ2v) is 76.9. The van der Waals surface area contributed by atoms with Crippen LogP contribution >= 0.6 is 0 Å². The molecule has 28 nitrogen and oxygen atoms in total. The Bertz CT molecular complexity index is 4400. The molecule has 0 aromatic heterocycles. The molecule has 2 aliphatic rings. The molecule has 132 heavy (non-hydrogen) atoms. The molecule has 0 radical (unpaired) electrons. The lowest BCUT2D eigenvalue weighted by Crippen LogP contribution is -2.66. The van der Waals surface area contributed by atoms with Crippen molar-refractivity contribution in [2.24, 2.45) is 5.92 Å². The van der Waals surface area contributed by atoms with E-state index >= 15 is 28.8 Å². The van der Waals surface area contributed by atoms with Gasteiger partial charge in [0.2, 0.25) is 46.2 Å². The molecule has 0 aliphatic carbocycles. The van der Waals surface area contributed by atoms with E-state index in [4.69, 9.17) is 45.5 Å². The lowest BCUT2D eigenvalue weighted by molar-refractivity contribution is -0.149. The number of rotatable bonds is 34. The van der Waals surface area contributed by atoms with Crippen molar-refractivity contribution in [3.8, 4) is 11.5 Å². The molecule has 2 saturated heterocycles. The number of nitrogens with zero attached hydrogens (tertiary/aromatic N) is 3. The van der Waals surface area contributed by atoms with Gasteiger partial charge in [-0.3, -0.25) is 28.8 Å². The highest BCUT2D eigenvalue weighted by molar-refractivity contribution is 6.76. The van der Waals surface area contributed by atoms with Crippen molar-refractivity contribution in [3.05, 3.63) is 95.6 Å². The zero-order valence-corrected chi connectivity index (χ0v) is 94.2. The molecule has 2 fully saturated rings. The molecular weight excluding hydrogens is 1780 g/mol. The topological polar surface area (TPSA) is 333 Å². The predicted molar refractivity (Wildman–Crippen MR) is 537 cm³/mol. The fourth-order valence-electron chi connectivity index (χ4n) is 13.5. The minimum absolute atomic E-state index is 0.00536. The summed E-state index contributed by atoms with van der Waals surface area (Å²) in [5, 5.41) is 12.6. The van der Waals surface area contributed by atoms with E-state index < -0.39 is 213 Å². The molecule has 10 amide bonds. The number of alkyl carbamates (subject to hydrolysis) is 2. The van der Waals surface area contributed by atoms with Gasteiger partial charge in [0.25, 0.3) is 5.91 Å². The smallest absolute Gasteiger partial charge is 0.426 e. The Hall–Kier alpha value is -7.30. The molecule has 5 N–H and O–H groups in total. The second kappa shape index (κ2) is 43.6. The van der Waals surface area contributed by atoms with Crippen LogP contribution in [-0.2, 0) is 84.9 Å². The maximum Gasteiger partial charge on any atom is 0.426 e. The number of benzene rings is 3. The first kappa shape index (κ1) is 115. The molecule has 3 aromatic rings. The molecule has 5 rings (SSSR count). The standard InChI is InChI=1S/C98H170N8O20Si6/c1-64-61-105(78(79(64)126-132(40,41)98(27,28)29)85(112)106(88(115)119-91(6,7)8)89(116)120-92(9,10)11)84(111)76(65(2)121-127(30,31)93(12,13)14)102-82(109)77(75(125-131(38,39)97(24,25)26)59-67-51-55-70(56-52-67)123-129(34,35)95(18,19)20)103-81(108)74-60-71(124-130(36,37)96(21,22)23)62-104(74)83(110)73(58-66-49-53-69(54-50-66)122-128(32,33)94(15,16)17)100-80(107)72(101-87(114)118-90(3,4)5)48-45-57-99-86(113)117-63-68-46-43-42-44-47-68/h42-44,46-47,49-56,64-65,71-79H,45,48,57-63H2,1-41H3,(H,99,113)(H,100,107)(H,101,114)(H,102,109)(H,103,108). The van der Waals surface area contributed by atoms with Gasteiger partial charge in [-0.1, -0.05) is 186 Å². The van der Waals surface area contributed by atoms with Crippen molar-refractivity contribution in [2.75, 3.05) is 19.6 Å². The van der Waals surface area contributed by atoms with Crippen molar-refractivity contribution in [3.63, 3.8) is 0 Å². The van der Waals surface area contributed by atoms with Crippen LogP contribution in [0.25, 0.3) is 0 Å². The van der Waals surface area contributed by atoms with Gasteiger partial charge < -0.3 is 81.9 Å². The summed E-state index contributed by atoms with van der Waals surface area (Å²) in [6.45, 7) is 79.8. The summed E-state index contributed by atoms with van der Waals surface area (Å²) >= 11 is 0. The van der Waals surface area contributed by atoms with Gasteiger partial charge in [0, 0.05) is 38.4 Å². The third kappa shape index (κ3) is 32.7. The number of hydrogen-bond acceptors (Lipinski definition) is 20. The Balaban J connectivity index is 1.90. The minimum atomic E-state index is -3.16. The largest absolute Gasteiger partial charge is 0.544 e. The molecule has 2 aliphatic heterocycles. The van der Waals surface area contributed by atoms with Crippen LogP contribution in [0.4, 0.5) is 19.2 Å². The van der Waals surface area contributed by atoms with Gasteiger partial charge in [0.1, 0.15) is 71.2 Å². The molecule has 3 aromatic carbocycles. The average Bonchev–Trinajstić information content (AvgIpc) is 1.60. The summed E-state index contributed by atoms with van der Waals surface area (Å²) in [6.07, 6.45) is -9.15. The van der Waals surface area contributed by atoms with E-state index in [1.807, 2.05) is 187 Å². The zero-order valence-electron chi connectivity index (χ0n) is 88.2. The number of amides is 10. The number of imide groups is 3. The fraction of sp³-hybridized carbons (Fsp3) is 0.714. The Morgan fingerprint density at radius 3 is 1.33 bits per heavy atom. The van der Waals surface area contributed by atoms with Crippen LogP contribution in [0.2, 0.25) is 109 Å². The van der Waals surface area contributed by atoms with Crippen molar-refractivity contribution in [2.45, 2.75) is 426 Å². The number of carbonyl (C=O) groups excluding carboxylic acids is 10. The molecule has 746 valence electrons.